The number of carbonyl (C=O) groups excluding carboxylic acids is 1. The molecule has 0 bridgehead atoms. The van der Waals surface area contributed by atoms with E-state index in [9.17, 15) is 4.79 Å². The number of anilines is 2. The first-order valence-electron chi connectivity index (χ1n) is 9.65. The summed E-state index contributed by atoms with van der Waals surface area (Å²) in [4.78, 5) is 16.9. The van der Waals surface area contributed by atoms with Crippen LogP contribution in [0.2, 0.25) is 0 Å². The molecule has 7 nitrogen and oxygen atoms in total. The summed E-state index contributed by atoms with van der Waals surface area (Å²) in [6.07, 6.45) is 0. The minimum Gasteiger partial charge on any atom is -0.493 e. The minimum atomic E-state index is -0.140. The number of nitrogens with zero attached hydrogens (tertiary/aromatic N) is 2. The van der Waals surface area contributed by atoms with E-state index in [-0.39, 0.29) is 6.03 Å². The predicted molar refractivity (Wildman–Crippen MR) is 115 cm³/mol. The number of hydrogen-bond donors (Lipinski definition) is 1. The van der Waals surface area contributed by atoms with Gasteiger partial charge in [0.25, 0.3) is 0 Å². The van der Waals surface area contributed by atoms with Crippen molar-refractivity contribution in [1.82, 2.24) is 4.90 Å². The zero-order valence-electron chi connectivity index (χ0n) is 17.7. The van der Waals surface area contributed by atoms with Crippen molar-refractivity contribution in [3.8, 4) is 17.2 Å². The minimum absolute atomic E-state index is 0.140. The van der Waals surface area contributed by atoms with E-state index >= 15 is 0 Å². The Morgan fingerprint density at radius 2 is 1.48 bits per heavy atom. The molecular formula is C22H29N3O4. The molecule has 0 radical (unpaired) electrons. The van der Waals surface area contributed by atoms with Gasteiger partial charge >= 0.3 is 6.03 Å². The van der Waals surface area contributed by atoms with Gasteiger partial charge in [0.15, 0.2) is 11.5 Å². The van der Waals surface area contributed by atoms with Crippen LogP contribution in [0, 0.1) is 13.8 Å². The second-order valence-corrected chi connectivity index (χ2v) is 7.09. The lowest BCUT2D eigenvalue weighted by Gasteiger charge is -2.36. The molecule has 1 saturated heterocycles. The first kappa shape index (κ1) is 20.6. The number of nitrogens with one attached hydrogen (secondary N) is 1. The molecule has 0 unspecified atom stereocenters. The molecular weight excluding hydrogens is 370 g/mol. The molecule has 2 aromatic carbocycles. The molecule has 0 aromatic heterocycles. The Labute approximate surface area is 172 Å². The first-order valence-corrected chi connectivity index (χ1v) is 9.65. The number of piperazine rings is 1. The van der Waals surface area contributed by atoms with Crippen LogP contribution in [-0.2, 0) is 0 Å². The maximum Gasteiger partial charge on any atom is 0.321 e. The fourth-order valence-corrected chi connectivity index (χ4v) is 3.45. The third-order valence-electron chi connectivity index (χ3n) is 5.34. The number of methoxy groups -OCH3 is 3. The number of urea groups is 1. The third-order valence-corrected chi connectivity index (χ3v) is 5.34. The summed E-state index contributed by atoms with van der Waals surface area (Å²) in [5, 5.41) is 2.94. The van der Waals surface area contributed by atoms with Crippen molar-refractivity contribution in [1.29, 1.82) is 0 Å². The Kier molecular flexibility index (Phi) is 6.36. The highest BCUT2D eigenvalue weighted by atomic mass is 16.5. The lowest BCUT2D eigenvalue weighted by molar-refractivity contribution is 0.208. The van der Waals surface area contributed by atoms with Crippen molar-refractivity contribution in [2.45, 2.75) is 13.8 Å². The summed E-state index contributed by atoms with van der Waals surface area (Å²) >= 11 is 0. The lowest BCUT2D eigenvalue weighted by atomic mass is 10.1. The molecule has 3 rings (SSSR count). The van der Waals surface area contributed by atoms with Gasteiger partial charge in [-0.3, -0.25) is 0 Å². The second-order valence-electron chi connectivity index (χ2n) is 7.09. The molecule has 0 saturated carbocycles. The van der Waals surface area contributed by atoms with Crippen molar-refractivity contribution < 1.29 is 19.0 Å². The fourth-order valence-electron chi connectivity index (χ4n) is 3.45. The van der Waals surface area contributed by atoms with E-state index in [0.29, 0.717) is 36.0 Å². The van der Waals surface area contributed by atoms with Crippen molar-refractivity contribution in [2.24, 2.45) is 0 Å². The van der Waals surface area contributed by atoms with Gasteiger partial charge in [-0.25, -0.2) is 4.79 Å². The van der Waals surface area contributed by atoms with Gasteiger partial charge in [-0.05, 0) is 37.1 Å². The van der Waals surface area contributed by atoms with Crippen molar-refractivity contribution in [3.05, 3.63) is 41.5 Å². The van der Waals surface area contributed by atoms with E-state index in [1.165, 1.54) is 16.8 Å². The Balaban J connectivity index is 1.64. The molecule has 1 aliphatic heterocycles. The van der Waals surface area contributed by atoms with Crippen LogP contribution in [0.3, 0.4) is 0 Å². The van der Waals surface area contributed by atoms with Gasteiger partial charge in [0.05, 0.1) is 27.0 Å². The Bertz CT molecular complexity index is 851. The standard InChI is InChI=1S/C22H29N3O4/c1-15-6-7-18(12-16(15)2)24-8-10-25(11-9-24)22(26)23-17-13-19(27-3)21(29-5)20(14-17)28-4/h6-7,12-14H,8-11H2,1-5H3,(H,23,26). The smallest absolute Gasteiger partial charge is 0.321 e. The summed E-state index contributed by atoms with van der Waals surface area (Å²) in [6, 6.07) is 9.82. The topological polar surface area (TPSA) is 63.3 Å². The van der Waals surface area contributed by atoms with Crippen LogP contribution in [0.4, 0.5) is 16.2 Å². The number of carbonyl (C=O) groups is 1. The monoisotopic (exact) mass is 399 g/mol. The van der Waals surface area contributed by atoms with Gasteiger partial charge in [-0.2, -0.15) is 0 Å². The van der Waals surface area contributed by atoms with Crippen LogP contribution in [0.5, 0.6) is 17.2 Å². The lowest BCUT2D eigenvalue weighted by Crippen LogP contribution is -2.50. The number of amides is 2. The van der Waals surface area contributed by atoms with Crippen LogP contribution in [0.1, 0.15) is 11.1 Å². The molecule has 7 heteroatoms. The van der Waals surface area contributed by atoms with Crippen molar-refractivity contribution >= 4 is 17.4 Å². The highest BCUT2D eigenvalue weighted by molar-refractivity contribution is 5.90. The highest BCUT2D eigenvalue weighted by Crippen LogP contribution is 2.40. The van der Waals surface area contributed by atoms with Crippen LogP contribution < -0.4 is 24.4 Å². The van der Waals surface area contributed by atoms with E-state index in [1.807, 2.05) is 4.90 Å². The molecule has 0 atom stereocenters. The summed E-state index contributed by atoms with van der Waals surface area (Å²) < 4.78 is 16.0. The zero-order chi connectivity index (χ0) is 21.0. The van der Waals surface area contributed by atoms with Gasteiger partial charge in [0.1, 0.15) is 0 Å². The Morgan fingerprint density at radius 1 is 0.862 bits per heavy atom. The summed E-state index contributed by atoms with van der Waals surface area (Å²) in [7, 11) is 4.65. The van der Waals surface area contributed by atoms with Crippen molar-refractivity contribution in [3.63, 3.8) is 0 Å². The first-order chi connectivity index (χ1) is 14.0. The third kappa shape index (κ3) is 4.50. The van der Waals surface area contributed by atoms with E-state index in [4.69, 9.17) is 14.2 Å². The van der Waals surface area contributed by atoms with Gasteiger partial charge in [0, 0.05) is 44.0 Å². The number of rotatable bonds is 5. The predicted octanol–water partition coefficient (Wildman–Crippen LogP) is 3.68. The van der Waals surface area contributed by atoms with E-state index in [0.717, 1.165) is 13.1 Å². The molecule has 1 N–H and O–H groups in total. The molecule has 2 amide bonds. The number of hydrogen-bond acceptors (Lipinski definition) is 5. The van der Waals surface area contributed by atoms with Crippen LogP contribution >= 0.6 is 0 Å². The van der Waals surface area contributed by atoms with Gasteiger partial charge < -0.3 is 29.3 Å². The van der Waals surface area contributed by atoms with Crippen LogP contribution in [0.25, 0.3) is 0 Å². The Morgan fingerprint density at radius 3 is 2.00 bits per heavy atom. The highest BCUT2D eigenvalue weighted by Gasteiger charge is 2.22. The quantitative estimate of drug-likeness (QED) is 0.831. The molecule has 0 aliphatic carbocycles. The molecule has 1 heterocycles. The van der Waals surface area contributed by atoms with E-state index in [2.05, 4.69) is 42.3 Å². The molecule has 1 aliphatic rings. The molecule has 1 fully saturated rings. The van der Waals surface area contributed by atoms with Gasteiger partial charge in [-0.15, -0.1) is 0 Å². The second kappa shape index (κ2) is 8.94. The molecule has 29 heavy (non-hydrogen) atoms. The maximum absolute atomic E-state index is 12.7. The van der Waals surface area contributed by atoms with Gasteiger partial charge in [-0.1, -0.05) is 6.07 Å². The summed E-state index contributed by atoms with van der Waals surface area (Å²) in [6.45, 7) is 7.15. The maximum atomic E-state index is 12.7. The summed E-state index contributed by atoms with van der Waals surface area (Å²) in [5.41, 5.74) is 4.38. The average Bonchev–Trinajstić information content (AvgIpc) is 2.75. The SMILES string of the molecule is COc1cc(NC(=O)N2CCN(c3ccc(C)c(C)c3)CC2)cc(OC)c1OC. The van der Waals surface area contributed by atoms with E-state index in [1.54, 1.807) is 33.5 Å². The number of aryl methyl sites for hydroxylation is 2. The van der Waals surface area contributed by atoms with E-state index < -0.39 is 0 Å². The Hall–Kier alpha value is -3.09. The number of benzene rings is 2. The zero-order valence-corrected chi connectivity index (χ0v) is 17.7. The summed E-state index contributed by atoms with van der Waals surface area (Å²) in [5.74, 6) is 1.50. The van der Waals surface area contributed by atoms with Crippen LogP contribution in [0.15, 0.2) is 30.3 Å². The molecule has 156 valence electrons. The van der Waals surface area contributed by atoms with Crippen LogP contribution in [-0.4, -0.2) is 58.4 Å². The largest absolute Gasteiger partial charge is 0.493 e. The van der Waals surface area contributed by atoms with Crippen molar-refractivity contribution in [2.75, 3.05) is 57.7 Å². The number of ether oxygens (including phenoxy) is 3. The van der Waals surface area contributed by atoms with Gasteiger partial charge in [0.2, 0.25) is 5.75 Å². The average molecular weight is 399 g/mol. The molecule has 0 spiro atoms. The fraction of sp³-hybridized carbons (Fsp3) is 0.409. The molecule has 2 aromatic rings. The normalized spacial score (nSPS) is 13.8.